The largest absolute Gasteiger partial charge is 0.392 e. The Hall–Kier alpha value is -2.24. The van der Waals surface area contributed by atoms with Crippen molar-refractivity contribution >= 4 is 23.9 Å². The minimum Gasteiger partial charge on any atom is -0.392 e. The first-order valence-electron chi connectivity index (χ1n) is 8.91. The van der Waals surface area contributed by atoms with Gasteiger partial charge in [0.2, 0.25) is 0 Å². The van der Waals surface area contributed by atoms with Crippen LogP contribution in [0.5, 0.6) is 0 Å². The van der Waals surface area contributed by atoms with Crippen LogP contribution in [0.2, 0.25) is 0 Å². The van der Waals surface area contributed by atoms with Gasteiger partial charge in [-0.3, -0.25) is 19.2 Å². The summed E-state index contributed by atoms with van der Waals surface area (Å²) in [5.74, 6) is -1.90. The van der Waals surface area contributed by atoms with E-state index in [0.29, 0.717) is 25.7 Å². The first kappa shape index (κ1) is 18.5. The van der Waals surface area contributed by atoms with Crippen LogP contribution in [-0.2, 0) is 28.7 Å². The van der Waals surface area contributed by atoms with Crippen LogP contribution < -0.4 is 0 Å². The van der Waals surface area contributed by atoms with Gasteiger partial charge in [0.1, 0.15) is 0 Å². The molecular formula is C20H24O6. The summed E-state index contributed by atoms with van der Waals surface area (Å²) in [6.45, 7) is 7.60. The van der Waals surface area contributed by atoms with Gasteiger partial charge in [-0.2, -0.15) is 0 Å². The first-order chi connectivity index (χ1) is 12.1. The van der Waals surface area contributed by atoms with Crippen molar-refractivity contribution in [1.82, 2.24) is 0 Å². The normalized spacial score (nSPS) is 38.3. The Kier molecular flexibility index (Phi) is 4.41. The van der Waals surface area contributed by atoms with Crippen LogP contribution in [0.3, 0.4) is 0 Å². The molecule has 0 spiro atoms. The third kappa shape index (κ3) is 2.81. The molecule has 0 aromatic rings. The van der Waals surface area contributed by atoms with Gasteiger partial charge in [-0.15, -0.1) is 0 Å². The Morgan fingerprint density at radius 3 is 2.08 bits per heavy atom. The van der Waals surface area contributed by atoms with E-state index in [0.717, 1.165) is 0 Å². The highest BCUT2D eigenvalue weighted by Gasteiger charge is 2.55. The Labute approximate surface area is 152 Å². The van der Waals surface area contributed by atoms with Crippen molar-refractivity contribution in [3.63, 3.8) is 0 Å². The summed E-state index contributed by atoms with van der Waals surface area (Å²) in [4.78, 5) is 45.3. The molecule has 2 heterocycles. The molecule has 26 heavy (non-hydrogen) atoms. The van der Waals surface area contributed by atoms with E-state index in [2.05, 4.69) is 9.47 Å². The lowest BCUT2D eigenvalue weighted by molar-refractivity contribution is -0.156. The van der Waals surface area contributed by atoms with Crippen molar-refractivity contribution in [3.05, 3.63) is 23.3 Å². The second-order valence-electron chi connectivity index (χ2n) is 8.28. The van der Waals surface area contributed by atoms with Gasteiger partial charge < -0.3 is 9.47 Å². The Morgan fingerprint density at radius 1 is 0.846 bits per heavy atom. The van der Waals surface area contributed by atoms with E-state index in [4.69, 9.17) is 0 Å². The van der Waals surface area contributed by atoms with Crippen molar-refractivity contribution in [1.29, 1.82) is 0 Å². The van der Waals surface area contributed by atoms with Gasteiger partial charge in [0.25, 0.3) is 0 Å². The third-order valence-electron chi connectivity index (χ3n) is 6.18. The number of carbonyl (C=O) groups is 4. The van der Waals surface area contributed by atoms with E-state index in [9.17, 15) is 19.2 Å². The summed E-state index contributed by atoms with van der Waals surface area (Å²) in [6.07, 6.45) is 6.65. The van der Waals surface area contributed by atoms with E-state index < -0.39 is 10.8 Å². The second-order valence-corrected chi connectivity index (χ2v) is 8.28. The summed E-state index contributed by atoms with van der Waals surface area (Å²) in [7, 11) is 0. The van der Waals surface area contributed by atoms with Crippen LogP contribution in [-0.4, -0.2) is 23.9 Å². The number of hydrogen-bond acceptors (Lipinski definition) is 6. The Morgan fingerprint density at radius 2 is 1.42 bits per heavy atom. The second kappa shape index (κ2) is 6.18. The van der Waals surface area contributed by atoms with Crippen LogP contribution >= 0.6 is 0 Å². The molecule has 4 aliphatic rings. The molecule has 4 unspecified atom stereocenters. The number of cyclic esters (lactones) is 4. The molecule has 2 aliphatic heterocycles. The SMILES string of the molecule is CC1=CCC2(C)C(=O)OC(=O)C2C1.CC1=CCC2C(=O)OC(=O)C2(C)C1. The maximum atomic E-state index is 11.4. The molecule has 4 rings (SSSR count). The summed E-state index contributed by atoms with van der Waals surface area (Å²) < 4.78 is 9.30. The molecule has 2 fully saturated rings. The lowest BCUT2D eigenvalue weighted by Gasteiger charge is -2.28. The van der Waals surface area contributed by atoms with E-state index in [1.807, 2.05) is 39.8 Å². The van der Waals surface area contributed by atoms with Crippen molar-refractivity contribution in [2.75, 3.05) is 0 Å². The minimum atomic E-state index is -0.587. The fourth-order valence-electron chi connectivity index (χ4n) is 4.21. The fraction of sp³-hybridized carbons (Fsp3) is 0.600. The summed E-state index contributed by atoms with van der Waals surface area (Å²) in [5, 5.41) is 0. The molecule has 2 aliphatic carbocycles. The zero-order valence-corrected chi connectivity index (χ0v) is 15.6. The van der Waals surface area contributed by atoms with E-state index >= 15 is 0 Å². The number of rotatable bonds is 0. The average Bonchev–Trinajstić information content (AvgIpc) is 2.91. The van der Waals surface area contributed by atoms with Gasteiger partial charge in [-0.1, -0.05) is 23.3 Å². The van der Waals surface area contributed by atoms with Crippen LogP contribution in [0.4, 0.5) is 0 Å². The zero-order valence-electron chi connectivity index (χ0n) is 15.6. The van der Waals surface area contributed by atoms with Gasteiger partial charge in [-0.05, 0) is 53.4 Å². The van der Waals surface area contributed by atoms with Crippen LogP contribution in [0, 0.1) is 22.7 Å². The smallest absolute Gasteiger partial charge is 0.320 e. The van der Waals surface area contributed by atoms with E-state index in [-0.39, 0.29) is 35.7 Å². The number of ether oxygens (including phenoxy) is 2. The zero-order chi connectivity index (χ0) is 19.3. The third-order valence-corrected chi connectivity index (χ3v) is 6.18. The molecule has 6 heteroatoms. The number of carbonyl (C=O) groups excluding carboxylic acids is 4. The molecular weight excluding hydrogens is 336 g/mol. The number of fused-ring (bicyclic) bond motifs is 2. The van der Waals surface area contributed by atoms with Gasteiger partial charge >= 0.3 is 23.9 Å². The molecule has 2 saturated heterocycles. The number of allylic oxidation sites excluding steroid dienone is 4. The first-order valence-corrected chi connectivity index (χ1v) is 8.91. The van der Waals surface area contributed by atoms with Crippen LogP contribution in [0.25, 0.3) is 0 Å². The predicted octanol–water partition coefficient (Wildman–Crippen LogP) is 2.86. The van der Waals surface area contributed by atoms with Crippen molar-refractivity contribution < 1.29 is 28.7 Å². The summed E-state index contributed by atoms with van der Waals surface area (Å²) in [5.41, 5.74) is 1.17. The molecule has 4 atom stereocenters. The lowest BCUT2D eigenvalue weighted by Crippen LogP contribution is -2.33. The number of hydrogen-bond donors (Lipinski definition) is 0. The highest BCUT2D eigenvalue weighted by atomic mass is 16.6. The standard InChI is InChI=1S/2C10H12O3/c1-6-3-4-10(2)7(5-6)8(11)13-9(10)12;1-6-3-4-7-8(11)13-9(12)10(7,2)5-6/h2*3,7H,4-5H2,1-2H3. The average molecular weight is 360 g/mol. The van der Waals surface area contributed by atoms with Crippen molar-refractivity contribution in [3.8, 4) is 0 Å². The van der Waals surface area contributed by atoms with Crippen molar-refractivity contribution in [2.24, 2.45) is 22.7 Å². The summed E-state index contributed by atoms with van der Waals surface area (Å²) in [6, 6.07) is 0. The lowest BCUT2D eigenvalue weighted by atomic mass is 9.69. The topological polar surface area (TPSA) is 86.7 Å². The van der Waals surface area contributed by atoms with Gasteiger partial charge in [-0.25, -0.2) is 0 Å². The van der Waals surface area contributed by atoms with E-state index in [1.54, 1.807) is 0 Å². The Bertz CT molecular complexity index is 760. The molecule has 0 aromatic carbocycles. The Balaban J connectivity index is 0.000000151. The fourth-order valence-corrected chi connectivity index (χ4v) is 4.21. The molecule has 0 radical (unpaired) electrons. The maximum absolute atomic E-state index is 11.4. The number of esters is 4. The highest BCUT2D eigenvalue weighted by Crippen LogP contribution is 2.47. The molecule has 0 amide bonds. The molecule has 0 N–H and O–H groups in total. The quantitative estimate of drug-likeness (QED) is 0.375. The molecule has 0 saturated carbocycles. The van der Waals surface area contributed by atoms with Gasteiger partial charge in [0, 0.05) is 0 Å². The monoisotopic (exact) mass is 360 g/mol. The van der Waals surface area contributed by atoms with E-state index in [1.165, 1.54) is 11.1 Å². The molecule has 6 nitrogen and oxygen atoms in total. The van der Waals surface area contributed by atoms with Crippen LogP contribution in [0.1, 0.15) is 53.4 Å². The maximum Gasteiger partial charge on any atom is 0.320 e. The minimum absolute atomic E-state index is 0.245. The van der Waals surface area contributed by atoms with Crippen molar-refractivity contribution in [2.45, 2.75) is 53.4 Å². The van der Waals surface area contributed by atoms with Crippen LogP contribution in [0.15, 0.2) is 23.3 Å². The highest BCUT2D eigenvalue weighted by molar-refractivity contribution is 6.00. The molecule has 0 aromatic heterocycles. The van der Waals surface area contributed by atoms with Gasteiger partial charge in [0.05, 0.1) is 22.7 Å². The molecule has 140 valence electrons. The predicted molar refractivity (Wildman–Crippen MR) is 91.4 cm³/mol. The van der Waals surface area contributed by atoms with Gasteiger partial charge in [0.15, 0.2) is 0 Å². The summed E-state index contributed by atoms with van der Waals surface area (Å²) >= 11 is 0. The molecule has 0 bridgehead atoms.